The fourth-order valence-electron chi connectivity index (χ4n) is 4.72. The van der Waals surface area contributed by atoms with E-state index in [9.17, 15) is 9.59 Å². The van der Waals surface area contributed by atoms with E-state index in [1.54, 1.807) is 10.7 Å². The van der Waals surface area contributed by atoms with Gasteiger partial charge in [-0.3, -0.25) is 9.59 Å². The standard InChI is InChI=1S/C22H24N6O2S/c1-14-5-3-6-18(9-14)28-22(23-24-25-28)31-15(2)21(30)26-11-16-10-17(13-26)19-7-4-8-20(29)27(19)12-16/h3-9,15-17H,10-13H2,1-2H3. The summed E-state index contributed by atoms with van der Waals surface area (Å²) in [5, 5.41) is 12.4. The molecule has 3 atom stereocenters. The number of amides is 1. The van der Waals surface area contributed by atoms with Gasteiger partial charge in [-0.25, -0.2) is 0 Å². The molecule has 3 unspecified atom stereocenters. The second-order valence-electron chi connectivity index (χ2n) is 8.41. The van der Waals surface area contributed by atoms with Gasteiger partial charge in [0.1, 0.15) is 0 Å². The number of fused-ring (bicyclic) bond motifs is 4. The number of carbonyl (C=O) groups is 1. The van der Waals surface area contributed by atoms with E-state index in [0.29, 0.717) is 30.7 Å². The fourth-order valence-corrected chi connectivity index (χ4v) is 5.61. The van der Waals surface area contributed by atoms with Gasteiger partial charge >= 0.3 is 0 Å². The lowest BCUT2D eigenvalue weighted by molar-refractivity contribution is -0.133. The van der Waals surface area contributed by atoms with Crippen LogP contribution in [-0.4, -0.2) is 53.9 Å². The Hall–Kier alpha value is -2.94. The molecule has 2 aliphatic heterocycles. The summed E-state index contributed by atoms with van der Waals surface area (Å²) >= 11 is 1.38. The van der Waals surface area contributed by atoms with Gasteiger partial charge < -0.3 is 9.47 Å². The summed E-state index contributed by atoms with van der Waals surface area (Å²) in [5.74, 6) is 0.607. The highest BCUT2D eigenvalue weighted by molar-refractivity contribution is 8.00. The molecule has 160 valence electrons. The van der Waals surface area contributed by atoms with Crippen molar-refractivity contribution in [2.24, 2.45) is 5.92 Å². The number of aryl methyl sites for hydroxylation is 1. The van der Waals surface area contributed by atoms with Crippen molar-refractivity contribution < 1.29 is 4.79 Å². The topological polar surface area (TPSA) is 85.9 Å². The summed E-state index contributed by atoms with van der Waals surface area (Å²) < 4.78 is 3.56. The van der Waals surface area contributed by atoms with Crippen LogP contribution < -0.4 is 5.56 Å². The van der Waals surface area contributed by atoms with Crippen LogP contribution in [0.15, 0.2) is 52.4 Å². The molecule has 31 heavy (non-hydrogen) atoms. The highest BCUT2D eigenvalue weighted by Crippen LogP contribution is 2.36. The number of aromatic nitrogens is 5. The van der Waals surface area contributed by atoms with Crippen molar-refractivity contribution in [3.63, 3.8) is 0 Å². The normalized spacial score (nSPS) is 20.9. The number of hydrogen-bond acceptors (Lipinski definition) is 6. The number of benzene rings is 1. The maximum Gasteiger partial charge on any atom is 0.250 e. The molecule has 5 rings (SSSR count). The largest absolute Gasteiger partial charge is 0.341 e. The van der Waals surface area contributed by atoms with Gasteiger partial charge in [0.25, 0.3) is 5.56 Å². The first-order chi connectivity index (χ1) is 15.0. The maximum atomic E-state index is 13.3. The second-order valence-corrected chi connectivity index (χ2v) is 9.72. The first-order valence-electron chi connectivity index (χ1n) is 10.5. The number of likely N-dealkylation sites (tertiary alicyclic amines) is 1. The van der Waals surface area contributed by atoms with Crippen LogP contribution in [0.1, 0.15) is 30.5 Å². The molecule has 8 nitrogen and oxygen atoms in total. The minimum Gasteiger partial charge on any atom is -0.341 e. The molecule has 4 heterocycles. The van der Waals surface area contributed by atoms with E-state index in [1.165, 1.54) is 11.8 Å². The van der Waals surface area contributed by atoms with Crippen LogP contribution in [0, 0.1) is 12.8 Å². The molecule has 9 heteroatoms. The third-order valence-corrected chi connectivity index (χ3v) is 7.13. The van der Waals surface area contributed by atoms with Crippen LogP contribution in [0.3, 0.4) is 0 Å². The predicted octanol–water partition coefficient (Wildman–Crippen LogP) is 2.26. The summed E-state index contributed by atoms with van der Waals surface area (Å²) in [6, 6.07) is 13.4. The number of thioether (sulfide) groups is 1. The first kappa shape index (κ1) is 20.0. The zero-order valence-corrected chi connectivity index (χ0v) is 18.3. The number of piperidine rings is 1. The summed E-state index contributed by atoms with van der Waals surface area (Å²) in [6.45, 7) is 5.94. The van der Waals surface area contributed by atoms with E-state index in [-0.39, 0.29) is 22.6 Å². The van der Waals surface area contributed by atoms with Crippen molar-refractivity contribution in [1.82, 2.24) is 29.7 Å². The minimum atomic E-state index is -0.314. The lowest BCUT2D eigenvalue weighted by atomic mass is 9.83. The zero-order valence-electron chi connectivity index (χ0n) is 17.5. The summed E-state index contributed by atoms with van der Waals surface area (Å²) in [4.78, 5) is 27.5. The van der Waals surface area contributed by atoms with Crippen LogP contribution in [0.25, 0.3) is 5.69 Å². The number of rotatable bonds is 4. The molecule has 0 radical (unpaired) electrons. The van der Waals surface area contributed by atoms with Crippen LogP contribution in [-0.2, 0) is 11.3 Å². The Kier molecular flexibility index (Phi) is 5.13. The van der Waals surface area contributed by atoms with Crippen molar-refractivity contribution in [2.45, 2.75) is 43.1 Å². The van der Waals surface area contributed by atoms with Crippen LogP contribution >= 0.6 is 11.8 Å². The Bertz CT molecular complexity index is 1190. The van der Waals surface area contributed by atoms with E-state index in [2.05, 4.69) is 15.5 Å². The molecular formula is C22H24N6O2S. The van der Waals surface area contributed by atoms with Gasteiger partial charge in [0, 0.05) is 37.3 Å². The van der Waals surface area contributed by atoms with E-state index >= 15 is 0 Å². The van der Waals surface area contributed by atoms with Crippen LogP contribution in [0.2, 0.25) is 0 Å². The van der Waals surface area contributed by atoms with Crippen molar-refractivity contribution >= 4 is 17.7 Å². The quantitative estimate of drug-likeness (QED) is 0.583. The van der Waals surface area contributed by atoms with Crippen LogP contribution in [0.4, 0.5) is 0 Å². The molecule has 2 aromatic heterocycles. The zero-order chi connectivity index (χ0) is 21.5. The Morgan fingerprint density at radius 1 is 1.16 bits per heavy atom. The summed E-state index contributed by atoms with van der Waals surface area (Å²) in [5.41, 5.74) is 3.10. The second kappa shape index (κ2) is 7.96. The molecule has 0 aliphatic carbocycles. The fraction of sp³-hybridized carbons (Fsp3) is 0.409. The molecule has 1 amide bonds. The molecule has 1 saturated heterocycles. The van der Waals surface area contributed by atoms with Gasteiger partial charge in [-0.15, -0.1) is 5.10 Å². The lowest BCUT2D eigenvalue weighted by Gasteiger charge is -2.43. The molecule has 1 fully saturated rings. The summed E-state index contributed by atoms with van der Waals surface area (Å²) in [6.07, 6.45) is 1.03. The van der Waals surface area contributed by atoms with Gasteiger partial charge in [-0.05, 0) is 60.4 Å². The van der Waals surface area contributed by atoms with Crippen molar-refractivity contribution in [2.75, 3.05) is 13.1 Å². The first-order valence-corrected chi connectivity index (χ1v) is 11.4. The Labute approximate surface area is 184 Å². The number of carbonyl (C=O) groups excluding carboxylic acids is 1. The van der Waals surface area contributed by atoms with E-state index < -0.39 is 0 Å². The molecular weight excluding hydrogens is 412 g/mol. The van der Waals surface area contributed by atoms with Crippen LogP contribution in [0.5, 0.6) is 0 Å². The van der Waals surface area contributed by atoms with Gasteiger partial charge in [0.2, 0.25) is 11.1 Å². The monoisotopic (exact) mass is 436 g/mol. The third kappa shape index (κ3) is 3.78. The van der Waals surface area contributed by atoms with E-state index in [1.807, 2.05) is 59.7 Å². The molecule has 0 saturated carbocycles. The number of hydrogen-bond donors (Lipinski definition) is 0. The molecule has 1 aromatic carbocycles. The SMILES string of the molecule is Cc1cccc(-n2nnnc2SC(C)C(=O)N2CC3CC(C2)c2cccc(=O)n2C3)c1. The highest BCUT2D eigenvalue weighted by atomic mass is 32.2. The Morgan fingerprint density at radius 2 is 2.00 bits per heavy atom. The predicted molar refractivity (Wildman–Crippen MR) is 117 cm³/mol. The van der Waals surface area contributed by atoms with Crippen molar-refractivity contribution in [3.8, 4) is 5.69 Å². The molecule has 0 N–H and O–H groups in total. The molecule has 2 bridgehead atoms. The van der Waals surface area contributed by atoms with Crippen molar-refractivity contribution in [3.05, 3.63) is 64.1 Å². The Balaban J connectivity index is 1.32. The molecule has 0 spiro atoms. The average Bonchev–Trinajstić information content (AvgIpc) is 3.22. The minimum absolute atomic E-state index is 0.0545. The maximum absolute atomic E-state index is 13.3. The van der Waals surface area contributed by atoms with Gasteiger partial charge in [0.15, 0.2) is 0 Å². The van der Waals surface area contributed by atoms with Crippen molar-refractivity contribution in [1.29, 1.82) is 0 Å². The Morgan fingerprint density at radius 3 is 2.84 bits per heavy atom. The number of pyridine rings is 1. The smallest absolute Gasteiger partial charge is 0.250 e. The average molecular weight is 437 g/mol. The number of nitrogens with zero attached hydrogens (tertiary/aromatic N) is 6. The summed E-state index contributed by atoms with van der Waals surface area (Å²) in [7, 11) is 0. The van der Waals surface area contributed by atoms with E-state index in [0.717, 1.165) is 23.4 Å². The lowest BCUT2D eigenvalue weighted by Crippen LogP contribution is -2.50. The van der Waals surface area contributed by atoms with Gasteiger partial charge in [0.05, 0.1) is 10.9 Å². The third-order valence-electron chi connectivity index (χ3n) is 6.11. The number of tetrazole rings is 1. The molecule has 3 aromatic rings. The highest BCUT2D eigenvalue weighted by Gasteiger charge is 2.37. The van der Waals surface area contributed by atoms with Gasteiger partial charge in [-0.2, -0.15) is 4.68 Å². The van der Waals surface area contributed by atoms with Gasteiger partial charge in [-0.1, -0.05) is 30.0 Å². The van der Waals surface area contributed by atoms with E-state index in [4.69, 9.17) is 0 Å². The molecule has 2 aliphatic rings.